The van der Waals surface area contributed by atoms with Crippen LogP contribution in [-0.4, -0.2) is 40.2 Å². The van der Waals surface area contributed by atoms with E-state index in [9.17, 15) is 18.0 Å². The van der Waals surface area contributed by atoms with Gasteiger partial charge in [0.2, 0.25) is 5.78 Å². The average Bonchev–Trinajstić information content (AvgIpc) is 3.60. The van der Waals surface area contributed by atoms with Gasteiger partial charge in [-0.2, -0.15) is 18.3 Å². The number of benzene rings is 2. The first-order valence-electron chi connectivity index (χ1n) is 11.7. The number of anilines is 1. The Balaban J connectivity index is 1.57. The van der Waals surface area contributed by atoms with Crippen LogP contribution in [0.5, 0.6) is 5.75 Å². The molecule has 0 unspecified atom stereocenters. The number of fused-ring (bicyclic) bond motifs is 1. The zero-order chi connectivity index (χ0) is 25.4. The average molecular weight is 495 g/mol. The van der Waals surface area contributed by atoms with Gasteiger partial charge in [0, 0.05) is 17.7 Å². The van der Waals surface area contributed by atoms with Crippen LogP contribution >= 0.6 is 0 Å². The molecule has 1 saturated carbocycles. The van der Waals surface area contributed by atoms with Crippen LogP contribution in [0.25, 0.3) is 16.9 Å². The van der Waals surface area contributed by atoms with E-state index in [2.05, 4.69) is 34.5 Å². The van der Waals surface area contributed by atoms with Crippen molar-refractivity contribution in [1.29, 1.82) is 0 Å². The largest absolute Gasteiger partial charge is 0.497 e. The minimum Gasteiger partial charge on any atom is -0.497 e. The van der Waals surface area contributed by atoms with Crippen LogP contribution in [0.4, 0.5) is 18.9 Å². The van der Waals surface area contributed by atoms with Gasteiger partial charge in [0.25, 0.3) is 0 Å². The molecule has 6 nitrogen and oxygen atoms in total. The smallest absolute Gasteiger partial charge is 0.390 e. The van der Waals surface area contributed by atoms with E-state index in [1.165, 1.54) is 41.7 Å². The molecule has 186 valence electrons. The molecule has 1 fully saturated rings. The SMILES string of the molecule is COc1ccc(C(=O)c2cc(NCCC(F)(F)F)c3ncc(-c4ccc(C5CC5)c(C)c4)n3n2)cc1. The summed E-state index contributed by atoms with van der Waals surface area (Å²) in [6.07, 6.45) is -1.30. The number of hydrogen-bond acceptors (Lipinski definition) is 5. The molecule has 0 aliphatic heterocycles. The van der Waals surface area contributed by atoms with Crippen molar-refractivity contribution in [2.24, 2.45) is 0 Å². The Morgan fingerprint density at radius 3 is 2.53 bits per heavy atom. The molecule has 0 bridgehead atoms. The van der Waals surface area contributed by atoms with Gasteiger partial charge in [0.05, 0.1) is 31.1 Å². The summed E-state index contributed by atoms with van der Waals surface area (Å²) in [5, 5.41) is 7.36. The maximum absolute atomic E-state index is 13.3. The molecule has 2 aromatic carbocycles. The molecule has 9 heteroatoms. The van der Waals surface area contributed by atoms with Crippen molar-refractivity contribution in [3.63, 3.8) is 0 Å². The lowest BCUT2D eigenvalue weighted by molar-refractivity contribution is -0.131. The third-order valence-corrected chi connectivity index (χ3v) is 6.36. The molecule has 4 aromatic rings. The van der Waals surface area contributed by atoms with Gasteiger partial charge in [-0.05, 0) is 73.2 Å². The molecule has 1 aliphatic carbocycles. The highest BCUT2D eigenvalue weighted by Gasteiger charge is 2.27. The quantitative estimate of drug-likeness (QED) is 0.296. The Morgan fingerprint density at radius 2 is 1.89 bits per heavy atom. The number of aryl methyl sites for hydroxylation is 1. The molecule has 0 spiro atoms. The fourth-order valence-corrected chi connectivity index (χ4v) is 4.32. The number of carbonyl (C=O) groups is 1. The zero-order valence-electron chi connectivity index (χ0n) is 19.9. The zero-order valence-corrected chi connectivity index (χ0v) is 19.9. The number of ether oxygens (including phenoxy) is 1. The molecule has 0 amide bonds. The summed E-state index contributed by atoms with van der Waals surface area (Å²) in [4.78, 5) is 17.7. The minimum atomic E-state index is -4.31. The van der Waals surface area contributed by atoms with Gasteiger partial charge in [-0.1, -0.05) is 12.1 Å². The van der Waals surface area contributed by atoms with E-state index in [-0.39, 0.29) is 18.0 Å². The maximum Gasteiger partial charge on any atom is 0.390 e. The van der Waals surface area contributed by atoms with Crippen molar-refractivity contribution in [1.82, 2.24) is 14.6 Å². The van der Waals surface area contributed by atoms with Crippen molar-refractivity contribution in [3.8, 4) is 17.0 Å². The number of ketones is 1. The van der Waals surface area contributed by atoms with Crippen molar-refractivity contribution < 1.29 is 22.7 Å². The van der Waals surface area contributed by atoms with E-state index in [4.69, 9.17) is 4.74 Å². The number of hydrogen-bond donors (Lipinski definition) is 1. The number of aromatic nitrogens is 3. The number of rotatable bonds is 8. The summed E-state index contributed by atoms with van der Waals surface area (Å²) >= 11 is 0. The molecule has 0 radical (unpaired) electrons. The van der Waals surface area contributed by atoms with E-state index in [0.717, 1.165) is 5.56 Å². The summed E-state index contributed by atoms with van der Waals surface area (Å²) in [6, 6.07) is 14.2. The molecule has 1 aliphatic rings. The van der Waals surface area contributed by atoms with Crippen LogP contribution in [-0.2, 0) is 0 Å². The number of alkyl halides is 3. The number of carbonyl (C=O) groups excluding carboxylic acids is 1. The van der Waals surface area contributed by atoms with E-state index >= 15 is 0 Å². The second-order valence-corrected chi connectivity index (χ2v) is 9.02. The molecule has 2 aromatic heterocycles. The molecule has 36 heavy (non-hydrogen) atoms. The van der Waals surface area contributed by atoms with Crippen LogP contribution in [0, 0.1) is 6.92 Å². The van der Waals surface area contributed by atoms with Crippen LogP contribution in [0.2, 0.25) is 0 Å². The van der Waals surface area contributed by atoms with E-state index in [0.29, 0.717) is 34.3 Å². The Hall–Kier alpha value is -3.88. The monoisotopic (exact) mass is 494 g/mol. The number of methoxy groups -OCH3 is 1. The molecular weight excluding hydrogens is 469 g/mol. The van der Waals surface area contributed by atoms with Crippen LogP contribution < -0.4 is 10.1 Å². The lowest BCUT2D eigenvalue weighted by Gasteiger charge is -2.12. The van der Waals surface area contributed by atoms with Crippen molar-refractivity contribution >= 4 is 17.1 Å². The Kier molecular flexibility index (Phi) is 6.15. The fourth-order valence-electron chi connectivity index (χ4n) is 4.32. The van der Waals surface area contributed by atoms with Gasteiger partial charge in [-0.3, -0.25) is 4.79 Å². The summed E-state index contributed by atoms with van der Waals surface area (Å²) in [5.41, 5.74) is 5.14. The third kappa shape index (κ3) is 4.91. The summed E-state index contributed by atoms with van der Waals surface area (Å²) in [7, 11) is 1.53. The molecule has 0 atom stereocenters. The van der Waals surface area contributed by atoms with Crippen LogP contribution in [0.15, 0.2) is 54.7 Å². The van der Waals surface area contributed by atoms with Gasteiger partial charge >= 0.3 is 6.18 Å². The lowest BCUT2D eigenvalue weighted by Crippen LogP contribution is -2.16. The summed E-state index contributed by atoms with van der Waals surface area (Å²) in [6.45, 7) is 1.72. The van der Waals surface area contributed by atoms with Crippen molar-refractivity contribution in [2.45, 2.75) is 38.3 Å². The Morgan fingerprint density at radius 1 is 1.14 bits per heavy atom. The van der Waals surface area contributed by atoms with Gasteiger partial charge in [0.15, 0.2) is 5.65 Å². The van der Waals surface area contributed by atoms with Crippen LogP contribution in [0.1, 0.15) is 52.4 Å². The fraction of sp³-hybridized carbons (Fsp3) is 0.296. The van der Waals surface area contributed by atoms with E-state index in [1.54, 1.807) is 30.5 Å². The highest BCUT2D eigenvalue weighted by atomic mass is 19.4. The predicted molar refractivity (Wildman–Crippen MR) is 131 cm³/mol. The second-order valence-electron chi connectivity index (χ2n) is 9.02. The Labute approximate surface area is 206 Å². The van der Waals surface area contributed by atoms with Gasteiger partial charge in [0.1, 0.15) is 11.4 Å². The first-order chi connectivity index (χ1) is 17.2. The molecule has 5 rings (SSSR count). The standard InChI is InChI=1S/C27H25F3N4O2/c1-16-13-19(7-10-21(16)17-3-4-17)24-15-32-26-23(31-12-11-27(28,29)30)14-22(33-34(24)26)25(35)18-5-8-20(36-2)9-6-18/h5-10,13-15,17,31H,3-4,11-12H2,1-2H3. The predicted octanol–water partition coefficient (Wildman–Crippen LogP) is 6.19. The number of nitrogens with zero attached hydrogens (tertiary/aromatic N) is 3. The first-order valence-corrected chi connectivity index (χ1v) is 11.7. The van der Waals surface area contributed by atoms with Crippen molar-refractivity contribution in [2.75, 3.05) is 19.0 Å². The van der Waals surface area contributed by atoms with Gasteiger partial charge in [-0.15, -0.1) is 0 Å². The topological polar surface area (TPSA) is 68.5 Å². The van der Waals surface area contributed by atoms with E-state index < -0.39 is 12.6 Å². The van der Waals surface area contributed by atoms with Crippen LogP contribution in [0.3, 0.4) is 0 Å². The highest BCUT2D eigenvalue weighted by molar-refractivity contribution is 6.08. The molecular formula is C27H25F3N4O2. The summed E-state index contributed by atoms with van der Waals surface area (Å²) < 4.78 is 45.0. The van der Waals surface area contributed by atoms with Gasteiger partial charge < -0.3 is 10.1 Å². The normalized spacial score (nSPS) is 13.7. The third-order valence-electron chi connectivity index (χ3n) is 6.36. The number of imidazole rings is 1. The molecule has 1 N–H and O–H groups in total. The molecule has 2 heterocycles. The van der Waals surface area contributed by atoms with Gasteiger partial charge in [-0.25, -0.2) is 9.50 Å². The maximum atomic E-state index is 13.3. The lowest BCUT2D eigenvalue weighted by atomic mass is 10.0. The number of halogens is 3. The Bertz CT molecular complexity index is 1420. The minimum absolute atomic E-state index is 0.0905. The van der Waals surface area contributed by atoms with E-state index in [1.807, 2.05) is 6.07 Å². The van der Waals surface area contributed by atoms with Crippen molar-refractivity contribution in [3.05, 3.63) is 77.1 Å². The summed E-state index contributed by atoms with van der Waals surface area (Å²) in [5.74, 6) is 0.849. The number of nitrogens with one attached hydrogen (secondary N) is 1. The second kappa shape index (κ2) is 9.29. The first kappa shape index (κ1) is 23.8. The molecule has 0 saturated heterocycles. The highest BCUT2D eigenvalue weighted by Crippen LogP contribution is 2.42.